The summed E-state index contributed by atoms with van der Waals surface area (Å²) < 4.78 is 2.54. The second kappa shape index (κ2) is 6.07. The van der Waals surface area contributed by atoms with Crippen LogP contribution in [-0.4, -0.2) is 20.5 Å². The number of hydrogen-bond acceptors (Lipinski definition) is 4. The Morgan fingerprint density at radius 1 is 1.33 bits per heavy atom. The summed E-state index contributed by atoms with van der Waals surface area (Å²) in [5.41, 5.74) is 0.755. The van der Waals surface area contributed by atoms with Gasteiger partial charge >= 0.3 is 0 Å². The molecule has 0 saturated heterocycles. The summed E-state index contributed by atoms with van der Waals surface area (Å²) in [5.74, 6) is 0.499. The third-order valence-electron chi connectivity index (χ3n) is 2.80. The number of aromatic nitrogens is 3. The van der Waals surface area contributed by atoms with E-state index in [9.17, 15) is 4.79 Å². The van der Waals surface area contributed by atoms with Crippen LogP contribution in [0, 0.1) is 0 Å². The fourth-order valence-electron chi connectivity index (χ4n) is 1.81. The molecule has 21 heavy (non-hydrogen) atoms. The van der Waals surface area contributed by atoms with Crippen LogP contribution in [0.5, 0.6) is 0 Å². The summed E-state index contributed by atoms with van der Waals surface area (Å²) in [5, 5.41) is 10.8. The van der Waals surface area contributed by atoms with Crippen LogP contribution in [0.4, 0.5) is 0 Å². The summed E-state index contributed by atoms with van der Waals surface area (Å²) >= 11 is 7.25. The Bertz CT molecular complexity index is 808. The minimum atomic E-state index is -0.188. The Morgan fingerprint density at radius 3 is 3.05 bits per heavy atom. The van der Waals surface area contributed by atoms with Crippen LogP contribution >= 0.6 is 22.9 Å². The van der Waals surface area contributed by atoms with Crippen molar-refractivity contribution in [3.8, 4) is 0 Å². The van der Waals surface area contributed by atoms with Gasteiger partial charge in [-0.15, -0.1) is 21.5 Å². The molecule has 1 amide bonds. The maximum Gasteiger partial charge on any atom is 0.244 e. The number of nitrogens with one attached hydrogen (secondary N) is 1. The van der Waals surface area contributed by atoms with Gasteiger partial charge in [0.15, 0.2) is 11.5 Å². The highest BCUT2D eigenvalue weighted by atomic mass is 35.5. The van der Waals surface area contributed by atoms with Crippen LogP contribution < -0.4 is 5.32 Å². The Labute approximate surface area is 129 Å². The highest BCUT2D eigenvalue weighted by molar-refractivity contribution is 7.17. The second-order valence-electron chi connectivity index (χ2n) is 4.24. The monoisotopic (exact) mass is 318 g/mol. The van der Waals surface area contributed by atoms with Gasteiger partial charge in [0.25, 0.3) is 0 Å². The van der Waals surface area contributed by atoms with Crippen LogP contribution in [0.2, 0.25) is 4.34 Å². The summed E-state index contributed by atoms with van der Waals surface area (Å²) in [6, 6.07) is 9.30. The van der Waals surface area contributed by atoms with Crippen molar-refractivity contribution < 1.29 is 4.79 Å². The quantitative estimate of drug-likeness (QED) is 0.752. The Hall–Kier alpha value is -2.18. The zero-order chi connectivity index (χ0) is 14.7. The van der Waals surface area contributed by atoms with Gasteiger partial charge in [-0.3, -0.25) is 9.20 Å². The first kappa shape index (κ1) is 13.8. The summed E-state index contributed by atoms with van der Waals surface area (Å²) in [7, 11) is 0. The topological polar surface area (TPSA) is 59.3 Å². The van der Waals surface area contributed by atoms with E-state index >= 15 is 0 Å². The lowest BCUT2D eigenvalue weighted by molar-refractivity contribution is -0.116. The van der Waals surface area contributed by atoms with Crippen LogP contribution in [0.15, 0.2) is 42.6 Å². The lowest BCUT2D eigenvalue weighted by atomic mass is 10.4. The Kier molecular flexibility index (Phi) is 3.98. The third-order valence-corrected chi connectivity index (χ3v) is 3.99. The zero-order valence-corrected chi connectivity index (χ0v) is 12.4. The van der Waals surface area contributed by atoms with Gasteiger partial charge in [0.1, 0.15) is 0 Å². The number of nitrogens with zero attached hydrogens (tertiary/aromatic N) is 3. The van der Waals surface area contributed by atoms with E-state index in [1.165, 1.54) is 17.4 Å². The zero-order valence-electron chi connectivity index (χ0n) is 10.9. The number of thiophene rings is 1. The van der Waals surface area contributed by atoms with Gasteiger partial charge in [0, 0.05) is 17.2 Å². The molecule has 3 aromatic rings. The first-order valence-electron chi connectivity index (χ1n) is 6.22. The average molecular weight is 319 g/mol. The van der Waals surface area contributed by atoms with Crippen LogP contribution in [0.3, 0.4) is 0 Å². The van der Waals surface area contributed by atoms with Gasteiger partial charge in [0.2, 0.25) is 5.91 Å². The summed E-state index contributed by atoms with van der Waals surface area (Å²) in [6.45, 7) is 0.319. The van der Waals surface area contributed by atoms with E-state index in [1.807, 2.05) is 34.9 Å². The van der Waals surface area contributed by atoms with Crippen LogP contribution in [-0.2, 0) is 11.3 Å². The molecule has 0 bridgehead atoms. The van der Waals surface area contributed by atoms with E-state index in [1.54, 1.807) is 12.1 Å². The minimum Gasteiger partial charge on any atom is -0.345 e. The molecule has 5 nitrogen and oxygen atoms in total. The van der Waals surface area contributed by atoms with Crippen molar-refractivity contribution in [3.63, 3.8) is 0 Å². The average Bonchev–Trinajstić information content (AvgIpc) is 3.09. The van der Waals surface area contributed by atoms with Gasteiger partial charge in [0.05, 0.1) is 10.9 Å². The first-order chi connectivity index (χ1) is 10.2. The molecule has 0 aliphatic rings. The molecular formula is C14H11ClN4OS. The predicted molar refractivity (Wildman–Crippen MR) is 83.2 cm³/mol. The second-order valence-corrected chi connectivity index (χ2v) is 5.98. The molecule has 7 heteroatoms. The van der Waals surface area contributed by atoms with E-state index in [2.05, 4.69) is 15.5 Å². The van der Waals surface area contributed by atoms with Crippen molar-refractivity contribution in [2.75, 3.05) is 0 Å². The molecule has 106 valence electrons. The van der Waals surface area contributed by atoms with E-state index in [-0.39, 0.29) is 5.91 Å². The normalized spacial score (nSPS) is 11.3. The van der Waals surface area contributed by atoms with Crippen molar-refractivity contribution in [1.82, 2.24) is 19.9 Å². The molecule has 3 aromatic heterocycles. The molecule has 1 N–H and O–H groups in total. The minimum absolute atomic E-state index is 0.188. The van der Waals surface area contributed by atoms with E-state index in [0.29, 0.717) is 16.7 Å². The standard InChI is InChI=1S/C14H11ClN4OS/c15-11-6-4-10(21-11)5-7-14(20)16-9-13-18-17-12-3-1-2-8-19(12)13/h1-8H,9H2,(H,16,20). The molecule has 0 aliphatic carbocycles. The van der Waals surface area contributed by atoms with E-state index in [0.717, 1.165) is 10.5 Å². The van der Waals surface area contributed by atoms with E-state index in [4.69, 9.17) is 11.6 Å². The lowest BCUT2D eigenvalue weighted by Crippen LogP contribution is -2.21. The van der Waals surface area contributed by atoms with E-state index < -0.39 is 0 Å². The van der Waals surface area contributed by atoms with Gasteiger partial charge in [-0.05, 0) is 30.3 Å². The molecule has 0 saturated carbocycles. The predicted octanol–water partition coefficient (Wildman–Crippen LogP) is 2.77. The summed E-state index contributed by atoms with van der Waals surface area (Å²) in [4.78, 5) is 12.7. The van der Waals surface area contributed by atoms with Crippen molar-refractivity contribution in [2.24, 2.45) is 0 Å². The molecule has 0 aliphatic heterocycles. The number of hydrogen-bond donors (Lipinski definition) is 1. The number of carbonyl (C=O) groups excluding carboxylic acids is 1. The molecule has 0 atom stereocenters. The summed E-state index contributed by atoms with van der Waals surface area (Å²) in [6.07, 6.45) is 5.07. The molecule has 3 heterocycles. The number of pyridine rings is 1. The van der Waals surface area contributed by atoms with Crippen molar-refractivity contribution in [3.05, 3.63) is 57.6 Å². The molecule has 0 fully saturated rings. The fourth-order valence-corrected chi connectivity index (χ4v) is 2.78. The number of fused-ring (bicyclic) bond motifs is 1. The number of amides is 1. The molecular weight excluding hydrogens is 308 g/mol. The van der Waals surface area contributed by atoms with Crippen molar-refractivity contribution in [2.45, 2.75) is 6.54 Å². The van der Waals surface area contributed by atoms with Crippen LogP contribution in [0.1, 0.15) is 10.7 Å². The number of carbonyl (C=O) groups is 1. The Balaban J connectivity index is 1.62. The molecule has 0 radical (unpaired) electrons. The first-order valence-corrected chi connectivity index (χ1v) is 7.42. The molecule has 0 spiro atoms. The molecule has 3 rings (SSSR count). The lowest BCUT2D eigenvalue weighted by Gasteiger charge is -2.00. The highest BCUT2D eigenvalue weighted by Crippen LogP contribution is 2.22. The number of halogens is 1. The van der Waals surface area contributed by atoms with Gasteiger partial charge in [-0.1, -0.05) is 17.7 Å². The fraction of sp³-hybridized carbons (Fsp3) is 0.0714. The third kappa shape index (κ3) is 3.29. The van der Waals surface area contributed by atoms with Gasteiger partial charge < -0.3 is 5.32 Å². The molecule has 0 aromatic carbocycles. The largest absolute Gasteiger partial charge is 0.345 e. The number of rotatable bonds is 4. The maximum atomic E-state index is 11.8. The van der Waals surface area contributed by atoms with Gasteiger partial charge in [-0.2, -0.15) is 0 Å². The highest BCUT2D eigenvalue weighted by Gasteiger charge is 2.05. The SMILES string of the molecule is O=C(C=Cc1ccc(Cl)s1)NCc1nnc2ccccn12. The van der Waals surface area contributed by atoms with Crippen molar-refractivity contribution in [1.29, 1.82) is 0 Å². The van der Waals surface area contributed by atoms with Crippen LogP contribution in [0.25, 0.3) is 11.7 Å². The molecule has 0 unspecified atom stereocenters. The maximum absolute atomic E-state index is 11.8. The smallest absolute Gasteiger partial charge is 0.244 e. The van der Waals surface area contributed by atoms with Crippen molar-refractivity contribution >= 4 is 40.6 Å². The Morgan fingerprint density at radius 2 is 2.24 bits per heavy atom. The van der Waals surface area contributed by atoms with Gasteiger partial charge in [-0.25, -0.2) is 0 Å².